The number of nitrogens with one attached hydrogen (secondary N) is 2. The summed E-state index contributed by atoms with van der Waals surface area (Å²) in [7, 11) is 1.97. The first-order valence-corrected chi connectivity index (χ1v) is 11.5. The van der Waals surface area contributed by atoms with Crippen molar-refractivity contribution in [2.75, 3.05) is 20.1 Å². The molecule has 4 aliphatic rings. The summed E-state index contributed by atoms with van der Waals surface area (Å²) in [4.78, 5) is 17.9. The van der Waals surface area contributed by atoms with Crippen LogP contribution in [0.1, 0.15) is 61.0 Å². The van der Waals surface area contributed by atoms with E-state index >= 15 is 0 Å². The van der Waals surface area contributed by atoms with E-state index in [1.165, 1.54) is 38.5 Å². The Balaban J connectivity index is 1.29. The highest BCUT2D eigenvalue weighted by atomic mass is 16.1. The van der Waals surface area contributed by atoms with Crippen molar-refractivity contribution in [1.29, 1.82) is 0 Å². The number of rotatable bonds is 7. The van der Waals surface area contributed by atoms with Gasteiger partial charge in [-0.15, -0.1) is 0 Å². The molecule has 0 atom stereocenters. The summed E-state index contributed by atoms with van der Waals surface area (Å²) in [5, 5.41) is 7.47. The highest BCUT2D eigenvalue weighted by Crippen LogP contribution is 2.59. The number of hydrogen-bond acceptors (Lipinski definition) is 3. The van der Waals surface area contributed by atoms with E-state index in [4.69, 9.17) is 4.98 Å². The van der Waals surface area contributed by atoms with Crippen LogP contribution < -0.4 is 10.6 Å². The molecule has 1 amide bonds. The van der Waals surface area contributed by atoms with E-state index in [0.29, 0.717) is 5.41 Å². The zero-order chi connectivity index (χ0) is 19.8. The smallest absolute Gasteiger partial charge is 0.251 e. The molecule has 6 rings (SSSR count). The fourth-order valence-electron chi connectivity index (χ4n) is 6.85. The summed E-state index contributed by atoms with van der Waals surface area (Å²) in [5.74, 6) is 2.82. The number of aryl methyl sites for hydroxylation is 1. The van der Waals surface area contributed by atoms with Gasteiger partial charge in [0.1, 0.15) is 0 Å². The number of pyridine rings is 1. The number of amides is 1. The van der Waals surface area contributed by atoms with Crippen molar-refractivity contribution in [3.63, 3.8) is 0 Å². The molecule has 4 fully saturated rings. The van der Waals surface area contributed by atoms with Crippen molar-refractivity contribution in [2.45, 2.75) is 51.4 Å². The topological polar surface area (TPSA) is 54.0 Å². The van der Waals surface area contributed by atoms with E-state index in [9.17, 15) is 4.79 Å². The third-order valence-corrected chi connectivity index (χ3v) is 7.68. The summed E-state index contributed by atoms with van der Waals surface area (Å²) in [6.45, 7) is 1.84. The second-order valence-electron chi connectivity index (χ2n) is 9.98. The summed E-state index contributed by atoms with van der Waals surface area (Å²) in [5.41, 5.74) is 3.16. The molecule has 0 spiro atoms. The number of benzene rings is 1. The van der Waals surface area contributed by atoms with Crippen LogP contribution in [0, 0.1) is 23.2 Å². The lowest BCUT2D eigenvalue weighted by molar-refractivity contribution is -0.0503. The predicted octanol–water partition coefficient (Wildman–Crippen LogP) is 4.33. The Kier molecular flexibility index (Phi) is 5.07. The highest BCUT2D eigenvalue weighted by molar-refractivity contribution is 6.06. The van der Waals surface area contributed by atoms with Gasteiger partial charge in [-0.1, -0.05) is 12.1 Å². The molecule has 4 aliphatic carbocycles. The van der Waals surface area contributed by atoms with Crippen molar-refractivity contribution < 1.29 is 4.79 Å². The lowest BCUT2D eigenvalue weighted by Crippen LogP contribution is -2.51. The van der Waals surface area contributed by atoms with Crippen LogP contribution in [0.2, 0.25) is 0 Å². The molecule has 0 saturated heterocycles. The summed E-state index contributed by atoms with van der Waals surface area (Å²) in [6.07, 6.45) is 10.3. The predicted molar refractivity (Wildman–Crippen MR) is 117 cm³/mol. The van der Waals surface area contributed by atoms with Gasteiger partial charge in [-0.2, -0.15) is 0 Å². The molecule has 4 nitrogen and oxygen atoms in total. The lowest BCUT2D eigenvalue weighted by Gasteiger charge is -2.56. The van der Waals surface area contributed by atoms with E-state index < -0.39 is 0 Å². The maximum absolute atomic E-state index is 13.1. The van der Waals surface area contributed by atoms with Gasteiger partial charge in [0.15, 0.2) is 0 Å². The molecule has 29 heavy (non-hydrogen) atoms. The fourth-order valence-corrected chi connectivity index (χ4v) is 6.85. The first kappa shape index (κ1) is 19.0. The van der Waals surface area contributed by atoms with Crippen LogP contribution in [-0.4, -0.2) is 31.0 Å². The van der Waals surface area contributed by atoms with E-state index in [0.717, 1.165) is 65.8 Å². The molecule has 4 bridgehead atoms. The van der Waals surface area contributed by atoms with Gasteiger partial charge >= 0.3 is 0 Å². The van der Waals surface area contributed by atoms with Crippen LogP contribution in [0.3, 0.4) is 0 Å². The third kappa shape index (κ3) is 3.79. The monoisotopic (exact) mass is 391 g/mol. The summed E-state index contributed by atoms with van der Waals surface area (Å²) in [6, 6.07) is 10.1. The SMILES string of the molecule is CNCCCc1ccc2c(C(=O)NCC34CC5CC(CC(C5)C3)C4)cccc2n1. The largest absolute Gasteiger partial charge is 0.351 e. The molecule has 154 valence electrons. The molecule has 1 aromatic heterocycles. The van der Waals surface area contributed by atoms with Gasteiger partial charge in [0, 0.05) is 23.2 Å². The molecular weight excluding hydrogens is 358 g/mol. The fraction of sp³-hybridized carbons (Fsp3) is 0.600. The Hall–Kier alpha value is -1.94. The molecule has 4 heteroatoms. The Morgan fingerprint density at radius 2 is 1.79 bits per heavy atom. The number of nitrogens with zero attached hydrogens (tertiary/aromatic N) is 1. The van der Waals surface area contributed by atoms with E-state index in [-0.39, 0.29) is 5.91 Å². The van der Waals surface area contributed by atoms with Gasteiger partial charge in [0.05, 0.1) is 5.52 Å². The Labute approximate surface area is 173 Å². The van der Waals surface area contributed by atoms with Crippen LogP contribution in [-0.2, 0) is 6.42 Å². The standard InChI is InChI=1S/C25H33N3O/c1-26-9-3-4-20-7-8-21-22(5-2-6-23(21)28-20)24(29)27-16-25-13-17-10-18(14-25)12-19(11-17)15-25/h2,5-8,17-19,26H,3-4,9-16H2,1H3,(H,27,29). The molecule has 1 aromatic carbocycles. The summed E-state index contributed by atoms with van der Waals surface area (Å²) < 4.78 is 0. The number of hydrogen-bond donors (Lipinski definition) is 2. The normalized spacial score (nSPS) is 30.0. The van der Waals surface area contributed by atoms with Crippen molar-refractivity contribution in [2.24, 2.45) is 23.2 Å². The van der Waals surface area contributed by atoms with Gasteiger partial charge < -0.3 is 10.6 Å². The van der Waals surface area contributed by atoms with Crippen molar-refractivity contribution in [3.8, 4) is 0 Å². The quantitative estimate of drug-likeness (QED) is 0.691. The second-order valence-corrected chi connectivity index (χ2v) is 9.98. The van der Waals surface area contributed by atoms with Crippen LogP contribution >= 0.6 is 0 Å². The zero-order valence-electron chi connectivity index (χ0n) is 17.5. The number of aromatic nitrogens is 1. The van der Waals surface area contributed by atoms with Crippen molar-refractivity contribution in [1.82, 2.24) is 15.6 Å². The molecule has 2 N–H and O–H groups in total. The Morgan fingerprint density at radius 3 is 2.48 bits per heavy atom. The van der Waals surface area contributed by atoms with E-state index in [1.807, 2.05) is 25.2 Å². The van der Waals surface area contributed by atoms with Crippen molar-refractivity contribution in [3.05, 3.63) is 41.6 Å². The Morgan fingerprint density at radius 1 is 1.07 bits per heavy atom. The lowest BCUT2D eigenvalue weighted by atomic mass is 9.49. The summed E-state index contributed by atoms with van der Waals surface area (Å²) >= 11 is 0. The van der Waals surface area contributed by atoms with Crippen molar-refractivity contribution >= 4 is 16.8 Å². The average molecular weight is 392 g/mol. The van der Waals surface area contributed by atoms with Crippen LogP contribution in [0.15, 0.2) is 30.3 Å². The van der Waals surface area contributed by atoms with Gasteiger partial charge in [0.2, 0.25) is 0 Å². The minimum atomic E-state index is 0.0658. The molecule has 2 aromatic rings. The van der Waals surface area contributed by atoms with Gasteiger partial charge in [0.25, 0.3) is 5.91 Å². The molecule has 1 heterocycles. The number of fused-ring (bicyclic) bond motifs is 1. The zero-order valence-corrected chi connectivity index (χ0v) is 17.5. The van der Waals surface area contributed by atoms with Crippen LogP contribution in [0.5, 0.6) is 0 Å². The Bertz CT molecular complexity index is 871. The maximum atomic E-state index is 13.1. The average Bonchev–Trinajstić information content (AvgIpc) is 2.71. The minimum absolute atomic E-state index is 0.0658. The molecule has 0 aliphatic heterocycles. The van der Waals surface area contributed by atoms with Gasteiger partial charge in [-0.3, -0.25) is 9.78 Å². The van der Waals surface area contributed by atoms with Gasteiger partial charge in [-0.05, 0) is 106 Å². The second kappa shape index (κ2) is 7.71. The van der Waals surface area contributed by atoms with E-state index in [1.54, 1.807) is 0 Å². The molecule has 4 saturated carbocycles. The molecule has 0 unspecified atom stereocenters. The third-order valence-electron chi connectivity index (χ3n) is 7.68. The molecular formula is C25H33N3O. The molecule has 0 radical (unpaired) electrons. The first-order chi connectivity index (χ1) is 14.1. The van der Waals surface area contributed by atoms with Crippen LogP contribution in [0.4, 0.5) is 0 Å². The van der Waals surface area contributed by atoms with Crippen LogP contribution in [0.25, 0.3) is 10.9 Å². The maximum Gasteiger partial charge on any atom is 0.251 e. The first-order valence-electron chi connectivity index (χ1n) is 11.5. The number of carbonyl (C=O) groups excluding carboxylic acids is 1. The van der Waals surface area contributed by atoms with E-state index in [2.05, 4.69) is 22.8 Å². The highest BCUT2D eigenvalue weighted by Gasteiger charge is 2.50. The number of carbonyl (C=O) groups is 1. The van der Waals surface area contributed by atoms with Gasteiger partial charge in [-0.25, -0.2) is 0 Å². The minimum Gasteiger partial charge on any atom is -0.351 e.